The summed E-state index contributed by atoms with van der Waals surface area (Å²) in [5.74, 6) is -1.28. The van der Waals surface area contributed by atoms with Gasteiger partial charge in [0.15, 0.2) is 6.61 Å². The SMILES string of the molecule is O=C(COc1cccnc1[N+](=O)[O-])Nc1ccc(OC(F)F)cc1. The number of nitro groups is 1. The fraction of sp³-hybridized carbons (Fsp3) is 0.143. The molecule has 0 aliphatic rings. The maximum Gasteiger partial charge on any atom is 0.406 e. The minimum atomic E-state index is -2.94. The van der Waals surface area contributed by atoms with Crippen LogP contribution < -0.4 is 14.8 Å². The summed E-state index contributed by atoms with van der Waals surface area (Å²) in [6, 6.07) is 7.99. The molecule has 0 aliphatic carbocycles. The number of carbonyl (C=O) groups excluding carboxylic acids is 1. The Morgan fingerprint density at radius 1 is 1.29 bits per heavy atom. The highest BCUT2D eigenvalue weighted by molar-refractivity contribution is 5.91. The first-order valence-electron chi connectivity index (χ1n) is 6.52. The maximum atomic E-state index is 12.0. The van der Waals surface area contributed by atoms with Gasteiger partial charge in [-0.05, 0) is 46.3 Å². The number of nitrogens with one attached hydrogen (secondary N) is 1. The molecule has 0 bridgehead atoms. The van der Waals surface area contributed by atoms with E-state index in [1.807, 2.05) is 0 Å². The summed E-state index contributed by atoms with van der Waals surface area (Å²) < 4.78 is 33.3. The fourth-order valence-corrected chi connectivity index (χ4v) is 1.69. The van der Waals surface area contributed by atoms with E-state index in [2.05, 4.69) is 15.0 Å². The van der Waals surface area contributed by atoms with E-state index in [-0.39, 0.29) is 11.5 Å². The van der Waals surface area contributed by atoms with Gasteiger partial charge in [-0.3, -0.25) is 4.79 Å². The quantitative estimate of drug-likeness (QED) is 0.614. The van der Waals surface area contributed by atoms with Gasteiger partial charge in [0.2, 0.25) is 5.75 Å². The highest BCUT2D eigenvalue weighted by atomic mass is 19.3. The smallest absolute Gasteiger partial charge is 0.406 e. The van der Waals surface area contributed by atoms with E-state index in [1.54, 1.807) is 0 Å². The van der Waals surface area contributed by atoms with Crippen LogP contribution in [0.15, 0.2) is 42.6 Å². The molecule has 2 aromatic rings. The summed E-state index contributed by atoms with van der Waals surface area (Å²) in [7, 11) is 0. The summed E-state index contributed by atoms with van der Waals surface area (Å²) in [6.07, 6.45) is 1.23. The minimum absolute atomic E-state index is 0.0507. The lowest BCUT2D eigenvalue weighted by Gasteiger charge is -2.08. The molecule has 0 aliphatic heterocycles. The van der Waals surface area contributed by atoms with E-state index in [9.17, 15) is 23.7 Å². The molecule has 24 heavy (non-hydrogen) atoms. The van der Waals surface area contributed by atoms with Crippen molar-refractivity contribution >= 4 is 17.4 Å². The summed E-state index contributed by atoms with van der Waals surface area (Å²) in [5, 5.41) is 13.2. The number of amides is 1. The van der Waals surface area contributed by atoms with Gasteiger partial charge < -0.3 is 24.9 Å². The molecular weight excluding hydrogens is 328 g/mol. The van der Waals surface area contributed by atoms with E-state index in [4.69, 9.17) is 4.74 Å². The summed E-state index contributed by atoms with van der Waals surface area (Å²) in [6.45, 7) is -3.42. The predicted molar refractivity (Wildman–Crippen MR) is 78.1 cm³/mol. The summed E-state index contributed by atoms with van der Waals surface area (Å²) in [5.41, 5.74) is 0.325. The van der Waals surface area contributed by atoms with E-state index >= 15 is 0 Å². The number of carbonyl (C=O) groups is 1. The zero-order chi connectivity index (χ0) is 17.5. The normalized spacial score (nSPS) is 10.3. The fourth-order valence-electron chi connectivity index (χ4n) is 1.69. The van der Waals surface area contributed by atoms with Gasteiger partial charge in [0, 0.05) is 5.69 Å². The zero-order valence-electron chi connectivity index (χ0n) is 12.0. The molecule has 0 saturated carbocycles. The number of anilines is 1. The lowest BCUT2D eigenvalue weighted by molar-refractivity contribution is -0.390. The van der Waals surface area contributed by atoms with Crippen molar-refractivity contribution in [2.24, 2.45) is 0 Å². The lowest BCUT2D eigenvalue weighted by Crippen LogP contribution is -2.20. The molecule has 0 radical (unpaired) electrons. The van der Waals surface area contributed by atoms with Crippen LogP contribution in [0.1, 0.15) is 0 Å². The molecule has 1 heterocycles. The van der Waals surface area contributed by atoms with Crippen LogP contribution in [0.5, 0.6) is 11.5 Å². The Balaban J connectivity index is 1.91. The van der Waals surface area contributed by atoms with E-state index < -0.39 is 29.9 Å². The Morgan fingerprint density at radius 2 is 2.00 bits per heavy atom. The number of hydrogen-bond acceptors (Lipinski definition) is 6. The molecule has 126 valence electrons. The van der Waals surface area contributed by atoms with Crippen molar-refractivity contribution in [3.8, 4) is 11.5 Å². The van der Waals surface area contributed by atoms with Crippen LogP contribution in [0.3, 0.4) is 0 Å². The minimum Gasteiger partial charge on any atom is -0.476 e. The van der Waals surface area contributed by atoms with Crippen molar-refractivity contribution in [2.45, 2.75) is 6.61 Å². The van der Waals surface area contributed by atoms with Gasteiger partial charge in [-0.15, -0.1) is 0 Å². The van der Waals surface area contributed by atoms with Crippen molar-refractivity contribution in [3.63, 3.8) is 0 Å². The monoisotopic (exact) mass is 339 g/mol. The number of pyridine rings is 1. The van der Waals surface area contributed by atoms with E-state index in [0.29, 0.717) is 5.69 Å². The van der Waals surface area contributed by atoms with Crippen molar-refractivity contribution < 1.29 is 28.0 Å². The number of benzene rings is 1. The predicted octanol–water partition coefficient (Wildman–Crippen LogP) is 2.61. The number of rotatable bonds is 7. The number of aromatic nitrogens is 1. The van der Waals surface area contributed by atoms with Crippen molar-refractivity contribution in [1.82, 2.24) is 4.98 Å². The van der Waals surface area contributed by atoms with Crippen LogP contribution in [0.2, 0.25) is 0 Å². The second-order valence-electron chi connectivity index (χ2n) is 4.32. The molecule has 10 heteroatoms. The molecule has 0 atom stereocenters. The van der Waals surface area contributed by atoms with Crippen LogP contribution in [-0.4, -0.2) is 29.0 Å². The van der Waals surface area contributed by atoms with Gasteiger partial charge in [0.1, 0.15) is 11.9 Å². The Hall–Kier alpha value is -3.30. The summed E-state index contributed by atoms with van der Waals surface area (Å²) in [4.78, 5) is 25.3. The zero-order valence-corrected chi connectivity index (χ0v) is 12.0. The first-order valence-corrected chi connectivity index (χ1v) is 6.52. The molecule has 0 saturated heterocycles. The third-order valence-electron chi connectivity index (χ3n) is 2.65. The average Bonchev–Trinajstić information content (AvgIpc) is 2.54. The standard InChI is InChI=1S/C14H11F2N3O5/c15-14(16)24-10-5-3-9(4-6-10)18-12(20)8-23-11-2-1-7-17-13(11)19(21)22/h1-7,14H,8H2,(H,18,20). The molecule has 1 aromatic heterocycles. The number of hydrogen-bond donors (Lipinski definition) is 1. The van der Waals surface area contributed by atoms with Gasteiger partial charge in [-0.25, -0.2) is 0 Å². The third kappa shape index (κ3) is 4.87. The lowest BCUT2D eigenvalue weighted by atomic mass is 10.3. The Kier molecular flexibility index (Phi) is 5.55. The van der Waals surface area contributed by atoms with Gasteiger partial charge in [-0.1, -0.05) is 0 Å². The van der Waals surface area contributed by atoms with Crippen LogP contribution in [-0.2, 0) is 4.79 Å². The Labute approximate surface area is 134 Å². The van der Waals surface area contributed by atoms with Crippen molar-refractivity contribution in [3.05, 3.63) is 52.7 Å². The van der Waals surface area contributed by atoms with E-state index in [0.717, 1.165) is 0 Å². The first-order chi connectivity index (χ1) is 11.5. The van der Waals surface area contributed by atoms with Crippen molar-refractivity contribution in [1.29, 1.82) is 0 Å². The second-order valence-corrected chi connectivity index (χ2v) is 4.32. The molecule has 1 aromatic carbocycles. The average molecular weight is 339 g/mol. The first kappa shape index (κ1) is 17.1. The largest absolute Gasteiger partial charge is 0.476 e. The molecular formula is C14H11F2N3O5. The Bertz CT molecular complexity index is 725. The second kappa shape index (κ2) is 7.81. The highest BCUT2D eigenvalue weighted by Gasteiger charge is 2.16. The van der Waals surface area contributed by atoms with Crippen LogP contribution in [0.25, 0.3) is 0 Å². The van der Waals surface area contributed by atoms with Crippen LogP contribution >= 0.6 is 0 Å². The van der Waals surface area contributed by atoms with Gasteiger partial charge in [-0.2, -0.15) is 8.78 Å². The Morgan fingerprint density at radius 3 is 2.62 bits per heavy atom. The topological polar surface area (TPSA) is 104 Å². The molecule has 1 N–H and O–H groups in total. The molecule has 0 fully saturated rings. The van der Waals surface area contributed by atoms with Crippen LogP contribution in [0.4, 0.5) is 20.3 Å². The molecule has 1 amide bonds. The summed E-state index contributed by atoms with van der Waals surface area (Å²) >= 11 is 0. The molecule has 0 unspecified atom stereocenters. The number of alkyl halides is 2. The van der Waals surface area contributed by atoms with Gasteiger partial charge >= 0.3 is 12.4 Å². The molecule has 0 spiro atoms. The van der Waals surface area contributed by atoms with Gasteiger partial charge in [0.05, 0.1) is 0 Å². The van der Waals surface area contributed by atoms with Gasteiger partial charge in [0.25, 0.3) is 5.91 Å². The van der Waals surface area contributed by atoms with Crippen molar-refractivity contribution in [2.75, 3.05) is 11.9 Å². The number of ether oxygens (including phenoxy) is 2. The third-order valence-corrected chi connectivity index (χ3v) is 2.65. The van der Waals surface area contributed by atoms with E-state index in [1.165, 1.54) is 42.6 Å². The molecule has 8 nitrogen and oxygen atoms in total. The molecule has 2 rings (SSSR count). The number of nitrogens with zero attached hydrogens (tertiary/aromatic N) is 2. The number of halogens is 2. The van der Waals surface area contributed by atoms with Crippen LogP contribution in [0, 0.1) is 10.1 Å². The highest BCUT2D eigenvalue weighted by Crippen LogP contribution is 2.23. The maximum absolute atomic E-state index is 12.0.